The second-order valence-corrected chi connectivity index (χ2v) is 8.64. The number of fused-ring (bicyclic) bond motifs is 1. The van der Waals surface area contributed by atoms with Crippen molar-refractivity contribution in [2.45, 2.75) is 45.1 Å². The summed E-state index contributed by atoms with van der Waals surface area (Å²) in [4.78, 5) is 13.6. The van der Waals surface area contributed by atoms with E-state index in [1.165, 1.54) is 16.3 Å². The van der Waals surface area contributed by atoms with E-state index >= 15 is 0 Å². The summed E-state index contributed by atoms with van der Waals surface area (Å²) in [5.41, 5.74) is 3.69. The third-order valence-electron chi connectivity index (χ3n) is 6.46. The molecule has 0 spiro atoms. The number of anilines is 1. The minimum atomic E-state index is -0.871. The molecule has 0 saturated carbocycles. The standard InChI is InChI=1S/C27H31NO3/c1-19(24-12-6-9-21-8-3-4-11-26(21)24)7-5-10-23-18-28(15-16-31-23)22-13-14-25(27(29)30)20(2)17-22/h3-4,6,8-9,11-14,17,19,23H,5,7,10,15-16,18H2,1-2H3,(H,29,30)/t19-,23?/m0/s1. The molecule has 0 aromatic heterocycles. The van der Waals surface area contributed by atoms with E-state index < -0.39 is 5.97 Å². The number of aryl methyl sites for hydroxylation is 1. The number of morpholine rings is 1. The maximum absolute atomic E-state index is 11.3. The van der Waals surface area contributed by atoms with Crippen molar-refractivity contribution in [3.63, 3.8) is 0 Å². The third kappa shape index (κ3) is 4.91. The van der Waals surface area contributed by atoms with Crippen LogP contribution in [-0.2, 0) is 4.74 Å². The second kappa shape index (κ2) is 9.52. The van der Waals surface area contributed by atoms with E-state index in [4.69, 9.17) is 4.74 Å². The van der Waals surface area contributed by atoms with Crippen LogP contribution in [0, 0.1) is 6.92 Å². The highest BCUT2D eigenvalue weighted by molar-refractivity contribution is 5.90. The van der Waals surface area contributed by atoms with Crippen molar-refractivity contribution in [2.24, 2.45) is 0 Å². The van der Waals surface area contributed by atoms with Gasteiger partial charge in [0.1, 0.15) is 0 Å². The van der Waals surface area contributed by atoms with E-state index in [0.717, 1.165) is 43.6 Å². The predicted octanol–water partition coefficient (Wildman–Crippen LogP) is 6.03. The Balaban J connectivity index is 1.34. The Kier molecular flexibility index (Phi) is 6.57. The number of nitrogens with zero attached hydrogens (tertiary/aromatic N) is 1. The van der Waals surface area contributed by atoms with Gasteiger partial charge in [0.05, 0.1) is 18.3 Å². The quantitative estimate of drug-likeness (QED) is 0.510. The van der Waals surface area contributed by atoms with Crippen LogP contribution in [-0.4, -0.2) is 36.9 Å². The molecule has 2 atom stereocenters. The van der Waals surface area contributed by atoms with Crippen molar-refractivity contribution in [2.75, 3.05) is 24.6 Å². The average molecular weight is 418 g/mol. The lowest BCUT2D eigenvalue weighted by Gasteiger charge is -2.35. The van der Waals surface area contributed by atoms with Crippen LogP contribution in [0.15, 0.2) is 60.7 Å². The van der Waals surface area contributed by atoms with Gasteiger partial charge in [-0.25, -0.2) is 4.79 Å². The third-order valence-corrected chi connectivity index (χ3v) is 6.46. The van der Waals surface area contributed by atoms with Crippen LogP contribution in [0.25, 0.3) is 10.8 Å². The van der Waals surface area contributed by atoms with E-state index in [1.54, 1.807) is 6.07 Å². The number of carboxylic acid groups (broad SMARTS) is 1. The van der Waals surface area contributed by atoms with Crippen LogP contribution < -0.4 is 4.90 Å². The van der Waals surface area contributed by atoms with E-state index in [0.29, 0.717) is 18.1 Å². The first-order valence-corrected chi connectivity index (χ1v) is 11.2. The molecular weight excluding hydrogens is 386 g/mol. The number of carbonyl (C=O) groups is 1. The molecule has 1 fully saturated rings. The number of rotatable bonds is 7. The Morgan fingerprint density at radius 1 is 1.16 bits per heavy atom. The van der Waals surface area contributed by atoms with Crippen molar-refractivity contribution < 1.29 is 14.6 Å². The van der Waals surface area contributed by atoms with Gasteiger partial charge in [-0.15, -0.1) is 0 Å². The summed E-state index contributed by atoms with van der Waals surface area (Å²) in [6.45, 7) is 6.59. The monoisotopic (exact) mass is 417 g/mol. The molecule has 1 unspecified atom stereocenters. The Morgan fingerprint density at radius 3 is 2.77 bits per heavy atom. The van der Waals surface area contributed by atoms with Gasteiger partial charge in [-0.2, -0.15) is 0 Å². The molecule has 1 N–H and O–H groups in total. The fourth-order valence-corrected chi connectivity index (χ4v) is 4.70. The van der Waals surface area contributed by atoms with Gasteiger partial charge in [0.2, 0.25) is 0 Å². The first-order valence-electron chi connectivity index (χ1n) is 11.2. The maximum Gasteiger partial charge on any atom is 0.335 e. The minimum Gasteiger partial charge on any atom is -0.478 e. The van der Waals surface area contributed by atoms with Crippen molar-refractivity contribution in [1.29, 1.82) is 0 Å². The van der Waals surface area contributed by atoms with Crippen molar-refractivity contribution in [3.8, 4) is 0 Å². The van der Waals surface area contributed by atoms with Gasteiger partial charge in [0, 0.05) is 18.8 Å². The van der Waals surface area contributed by atoms with Crippen LogP contribution in [0.1, 0.15) is 53.6 Å². The number of benzene rings is 3. The predicted molar refractivity (Wildman–Crippen MR) is 126 cm³/mol. The average Bonchev–Trinajstić information content (AvgIpc) is 2.78. The molecule has 3 aromatic rings. The molecule has 162 valence electrons. The van der Waals surface area contributed by atoms with Crippen LogP contribution >= 0.6 is 0 Å². The fraction of sp³-hybridized carbons (Fsp3) is 0.370. The van der Waals surface area contributed by atoms with Gasteiger partial charge in [-0.05, 0) is 65.8 Å². The van der Waals surface area contributed by atoms with Crippen LogP contribution in [0.5, 0.6) is 0 Å². The summed E-state index contributed by atoms with van der Waals surface area (Å²) in [5.74, 6) is -0.360. The molecule has 1 heterocycles. The van der Waals surface area contributed by atoms with Crippen molar-refractivity contribution in [3.05, 3.63) is 77.4 Å². The van der Waals surface area contributed by atoms with Gasteiger partial charge in [-0.3, -0.25) is 0 Å². The van der Waals surface area contributed by atoms with Crippen molar-refractivity contribution in [1.82, 2.24) is 0 Å². The highest BCUT2D eigenvalue weighted by Crippen LogP contribution is 2.30. The molecule has 1 aliphatic heterocycles. The fourth-order valence-electron chi connectivity index (χ4n) is 4.70. The number of ether oxygens (including phenoxy) is 1. The van der Waals surface area contributed by atoms with Gasteiger partial charge in [-0.1, -0.05) is 55.8 Å². The summed E-state index contributed by atoms with van der Waals surface area (Å²) in [7, 11) is 0. The minimum absolute atomic E-state index is 0.216. The van der Waals surface area contributed by atoms with Gasteiger partial charge < -0.3 is 14.7 Å². The lowest BCUT2D eigenvalue weighted by Crippen LogP contribution is -2.42. The summed E-state index contributed by atoms with van der Waals surface area (Å²) in [5, 5.41) is 11.9. The smallest absolute Gasteiger partial charge is 0.335 e. The van der Waals surface area contributed by atoms with E-state index in [-0.39, 0.29) is 6.10 Å². The highest BCUT2D eigenvalue weighted by Gasteiger charge is 2.22. The molecule has 4 nitrogen and oxygen atoms in total. The summed E-state index contributed by atoms with van der Waals surface area (Å²) in [6.07, 6.45) is 3.52. The number of aromatic carboxylic acids is 1. The number of hydrogen-bond acceptors (Lipinski definition) is 3. The molecule has 31 heavy (non-hydrogen) atoms. The van der Waals surface area contributed by atoms with Crippen LogP contribution in [0.3, 0.4) is 0 Å². The van der Waals surface area contributed by atoms with E-state index in [9.17, 15) is 9.90 Å². The normalized spacial score (nSPS) is 17.6. The number of carboxylic acids is 1. The Hall–Kier alpha value is -2.85. The highest BCUT2D eigenvalue weighted by atomic mass is 16.5. The van der Waals surface area contributed by atoms with Crippen molar-refractivity contribution >= 4 is 22.4 Å². The molecule has 1 saturated heterocycles. The summed E-state index contributed by atoms with van der Waals surface area (Å²) >= 11 is 0. The van der Waals surface area contributed by atoms with Crippen LogP contribution in [0.4, 0.5) is 5.69 Å². The molecule has 4 heteroatoms. The molecular formula is C27H31NO3. The zero-order valence-corrected chi connectivity index (χ0v) is 18.4. The lowest BCUT2D eigenvalue weighted by atomic mass is 9.90. The first kappa shape index (κ1) is 21.4. The largest absolute Gasteiger partial charge is 0.478 e. The zero-order chi connectivity index (χ0) is 21.8. The Bertz CT molecular complexity index is 1060. The molecule has 0 bridgehead atoms. The Morgan fingerprint density at radius 2 is 1.97 bits per heavy atom. The maximum atomic E-state index is 11.3. The molecule has 4 rings (SSSR count). The zero-order valence-electron chi connectivity index (χ0n) is 18.4. The van der Waals surface area contributed by atoms with Gasteiger partial charge in [0.25, 0.3) is 0 Å². The molecule has 0 radical (unpaired) electrons. The molecule has 0 aliphatic carbocycles. The first-order chi connectivity index (χ1) is 15.0. The molecule has 3 aromatic carbocycles. The SMILES string of the molecule is Cc1cc(N2CCOC(CCC[C@H](C)c3cccc4ccccc34)C2)ccc1C(=O)O. The second-order valence-electron chi connectivity index (χ2n) is 8.64. The van der Waals surface area contributed by atoms with E-state index in [1.807, 2.05) is 19.1 Å². The molecule has 0 amide bonds. The lowest BCUT2D eigenvalue weighted by molar-refractivity contribution is 0.0334. The Labute approximate surface area is 184 Å². The number of hydrogen-bond donors (Lipinski definition) is 1. The van der Waals surface area contributed by atoms with E-state index in [2.05, 4.69) is 54.3 Å². The van der Waals surface area contributed by atoms with Gasteiger partial charge >= 0.3 is 5.97 Å². The summed E-state index contributed by atoms with van der Waals surface area (Å²) < 4.78 is 6.04. The molecule has 1 aliphatic rings. The van der Waals surface area contributed by atoms with Crippen LogP contribution in [0.2, 0.25) is 0 Å². The summed E-state index contributed by atoms with van der Waals surface area (Å²) in [6, 6.07) is 20.8. The topological polar surface area (TPSA) is 49.8 Å². The van der Waals surface area contributed by atoms with Gasteiger partial charge in [0.15, 0.2) is 0 Å².